The Labute approximate surface area is 206 Å². The molecule has 9 heteroatoms. The maximum atomic E-state index is 13.0. The largest absolute Gasteiger partial charge is 0.496 e. The molecule has 0 spiro atoms. The number of hydrogen-bond acceptors (Lipinski definition) is 5. The summed E-state index contributed by atoms with van der Waals surface area (Å²) < 4.78 is 14.2. The molecule has 1 saturated heterocycles. The van der Waals surface area contributed by atoms with Gasteiger partial charge in [-0.05, 0) is 67.2 Å². The molecule has 3 aromatic rings. The van der Waals surface area contributed by atoms with Gasteiger partial charge in [-0.25, -0.2) is 0 Å². The summed E-state index contributed by atoms with van der Waals surface area (Å²) >= 11 is 8.82. The summed E-state index contributed by atoms with van der Waals surface area (Å²) in [4.78, 5) is 14.5. The summed E-state index contributed by atoms with van der Waals surface area (Å²) in [5.74, 6) is 1.29. The number of halogens is 1. The van der Waals surface area contributed by atoms with Crippen LogP contribution in [0.2, 0.25) is 0 Å². The second-order valence-corrected chi connectivity index (χ2v) is 8.70. The average molecular weight is 527 g/mol. The van der Waals surface area contributed by atoms with Crippen LogP contribution in [0.3, 0.4) is 0 Å². The molecule has 0 atom stereocenters. The van der Waals surface area contributed by atoms with E-state index in [-0.39, 0.29) is 5.91 Å². The van der Waals surface area contributed by atoms with Gasteiger partial charge < -0.3 is 14.8 Å². The lowest BCUT2D eigenvalue weighted by atomic mass is 10.1. The number of rotatable bonds is 8. The standard InChI is InChI=1S/C24H23BrN4O3S/c1-3-28-13-17(12-26-28)14-29-23(30)21(27-24(29)33)11-16-4-9-22(31-2)18(10-16)15-32-20-7-5-19(25)6-8-20/h4-13H,3,14-15H2,1-2H3,(H,27,33)/b21-11+. The molecule has 0 bridgehead atoms. The predicted molar refractivity (Wildman–Crippen MR) is 134 cm³/mol. The third-order valence-electron chi connectivity index (χ3n) is 5.14. The Bertz CT molecular complexity index is 1210. The van der Waals surface area contributed by atoms with Crippen molar-refractivity contribution < 1.29 is 14.3 Å². The molecule has 1 aliphatic rings. The summed E-state index contributed by atoms with van der Waals surface area (Å²) in [7, 11) is 1.62. The maximum Gasteiger partial charge on any atom is 0.276 e. The molecule has 170 valence electrons. The van der Waals surface area contributed by atoms with E-state index in [1.54, 1.807) is 24.3 Å². The van der Waals surface area contributed by atoms with Gasteiger partial charge in [0.1, 0.15) is 23.8 Å². The third-order valence-corrected chi connectivity index (χ3v) is 5.99. The quantitative estimate of drug-likeness (QED) is 0.344. The van der Waals surface area contributed by atoms with Crippen LogP contribution in [0.5, 0.6) is 11.5 Å². The van der Waals surface area contributed by atoms with Crippen LogP contribution in [0.1, 0.15) is 23.6 Å². The monoisotopic (exact) mass is 526 g/mol. The molecule has 1 aromatic heterocycles. The number of amides is 1. The van der Waals surface area contributed by atoms with Crippen LogP contribution in [0, 0.1) is 0 Å². The molecular formula is C24H23BrN4O3S. The number of nitrogens with one attached hydrogen (secondary N) is 1. The Hall–Kier alpha value is -3.17. The van der Waals surface area contributed by atoms with Crippen LogP contribution in [-0.2, 0) is 24.5 Å². The van der Waals surface area contributed by atoms with E-state index < -0.39 is 0 Å². The summed E-state index contributed by atoms with van der Waals surface area (Å²) in [6.45, 7) is 3.48. The van der Waals surface area contributed by atoms with Crippen molar-refractivity contribution in [2.45, 2.75) is 26.6 Å². The summed E-state index contributed by atoms with van der Waals surface area (Å²) in [5.41, 5.74) is 3.05. The number of carbonyl (C=O) groups excluding carboxylic acids is 1. The number of benzene rings is 2. The smallest absolute Gasteiger partial charge is 0.276 e. The molecule has 1 amide bonds. The number of carbonyl (C=O) groups is 1. The highest BCUT2D eigenvalue weighted by atomic mass is 79.9. The van der Waals surface area contributed by atoms with Crippen molar-refractivity contribution in [1.82, 2.24) is 20.0 Å². The molecule has 4 rings (SSSR count). The van der Waals surface area contributed by atoms with Crippen LogP contribution in [-0.4, -0.2) is 32.8 Å². The Morgan fingerprint density at radius 2 is 2.00 bits per heavy atom. The molecule has 0 radical (unpaired) electrons. The predicted octanol–water partition coefficient (Wildman–Crippen LogP) is 4.51. The van der Waals surface area contributed by atoms with Gasteiger partial charge in [-0.2, -0.15) is 5.10 Å². The fourth-order valence-electron chi connectivity index (χ4n) is 3.42. The zero-order chi connectivity index (χ0) is 23.4. The lowest BCUT2D eigenvalue weighted by Gasteiger charge is -2.12. The van der Waals surface area contributed by atoms with Crippen molar-refractivity contribution in [2.24, 2.45) is 0 Å². The molecule has 2 heterocycles. The van der Waals surface area contributed by atoms with Crippen molar-refractivity contribution >= 4 is 45.2 Å². The molecule has 0 saturated carbocycles. The Balaban J connectivity index is 1.50. The molecule has 0 unspecified atom stereocenters. The first-order valence-electron chi connectivity index (χ1n) is 10.4. The fourth-order valence-corrected chi connectivity index (χ4v) is 3.94. The van der Waals surface area contributed by atoms with Gasteiger partial charge in [0, 0.05) is 28.3 Å². The van der Waals surface area contributed by atoms with E-state index in [9.17, 15) is 4.79 Å². The first-order chi connectivity index (χ1) is 16.0. The number of thiocarbonyl (C=S) groups is 1. The van der Waals surface area contributed by atoms with Crippen molar-refractivity contribution in [3.63, 3.8) is 0 Å². The highest BCUT2D eigenvalue weighted by molar-refractivity contribution is 9.10. The van der Waals surface area contributed by atoms with Crippen molar-refractivity contribution in [2.75, 3.05) is 7.11 Å². The number of hydrogen-bond donors (Lipinski definition) is 1. The van der Waals surface area contributed by atoms with Gasteiger partial charge in [-0.1, -0.05) is 22.0 Å². The van der Waals surface area contributed by atoms with Gasteiger partial charge in [0.25, 0.3) is 5.91 Å². The zero-order valence-electron chi connectivity index (χ0n) is 18.2. The fraction of sp³-hybridized carbons (Fsp3) is 0.208. The number of nitrogens with zero attached hydrogens (tertiary/aromatic N) is 3. The Morgan fingerprint density at radius 3 is 2.70 bits per heavy atom. The summed E-state index contributed by atoms with van der Waals surface area (Å²) in [5, 5.41) is 7.66. The molecule has 1 fully saturated rings. The number of aromatic nitrogens is 2. The van der Waals surface area contributed by atoms with Crippen LogP contribution < -0.4 is 14.8 Å². The van der Waals surface area contributed by atoms with E-state index in [0.717, 1.165) is 33.5 Å². The van der Waals surface area contributed by atoms with Gasteiger partial charge in [0.2, 0.25) is 0 Å². The molecular weight excluding hydrogens is 504 g/mol. The van der Waals surface area contributed by atoms with Gasteiger partial charge in [0.05, 0.1) is 19.9 Å². The lowest BCUT2D eigenvalue weighted by Crippen LogP contribution is -2.29. The molecule has 2 aromatic carbocycles. The highest BCUT2D eigenvalue weighted by Crippen LogP contribution is 2.25. The topological polar surface area (TPSA) is 68.6 Å². The van der Waals surface area contributed by atoms with E-state index >= 15 is 0 Å². The van der Waals surface area contributed by atoms with Crippen LogP contribution in [0.4, 0.5) is 0 Å². The molecule has 7 nitrogen and oxygen atoms in total. The minimum atomic E-state index is -0.173. The third kappa shape index (κ3) is 5.43. The van der Waals surface area contributed by atoms with Crippen molar-refractivity contribution in [3.05, 3.63) is 81.7 Å². The second-order valence-electron chi connectivity index (χ2n) is 7.40. The SMILES string of the molecule is CCn1cc(CN2C(=O)/C(=C\c3ccc(OC)c(COc4ccc(Br)cc4)c3)NC2=S)cn1. The van der Waals surface area contributed by atoms with Crippen LogP contribution in [0.15, 0.2) is 65.0 Å². The van der Waals surface area contributed by atoms with Crippen molar-refractivity contribution in [1.29, 1.82) is 0 Å². The second kappa shape index (κ2) is 10.2. The lowest BCUT2D eigenvalue weighted by molar-refractivity contribution is -0.122. The Kier molecular flexibility index (Phi) is 7.10. The zero-order valence-corrected chi connectivity index (χ0v) is 20.6. The number of ether oxygens (including phenoxy) is 2. The first-order valence-corrected chi connectivity index (χ1v) is 11.6. The van der Waals surface area contributed by atoms with Crippen LogP contribution in [0.25, 0.3) is 6.08 Å². The summed E-state index contributed by atoms with van der Waals surface area (Å²) in [6.07, 6.45) is 5.45. The van der Waals surface area contributed by atoms with Gasteiger partial charge >= 0.3 is 0 Å². The molecule has 0 aliphatic carbocycles. The van der Waals surface area contributed by atoms with E-state index in [1.165, 1.54) is 0 Å². The summed E-state index contributed by atoms with van der Waals surface area (Å²) in [6, 6.07) is 13.3. The molecule has 33 heavy (non-hydrogen) atoms. The minimum Gasteiger partial charge on any atom is -0.496 e. The number of aryl methyl sites for hydroxylation is 1. The van der Waals surface area contributed by atoms with Crippen LogP contribution >= 0.6 is 28.1 Å². The van der Waals surface area contributed by atoms with E-state index in [0.29, 0.717) is 29.7 Å². The molecule has 1 aliphatic heterocycles. The number of methoxy groups -OCH3 is 1. The van der Waals surface area contributed by atoms with E-state index in [2.05, 4.69) is 26.3 Å². The van der Waals surface area contributed by atoms with Gasteiger partial charge in [-0.3, -0.25) is 14.4 Å². The van der Waals surface area contributed by atoms with E-state index in [1.807, 2.05) is 60.3 Å². The average Bonchev–Trinajstić information content (AvgIpc) is 3.38. The first kappa shape index (κ1) is 23.0. The maximum absolute atomic E-state index is 13.0. The van der Waals surface area contributed by atoms with Crippen molar-refractivity contribution in [3.8, 4) is 11.5 Å². The van der Waals surface area contributed by atoms with Gasteiger partial charge in [-0.15, -0.1) is 0 Å². The van der Waals surface area contributed by atoms with E-state index in [4.69, 9.17) is 21.7 Å². The Morgan fingerprint density at radius 1 is 1.21 bits per heavy atom. The molecule has 1 N–H and O–H groups in total. The normalized spacial score (nSPS) is 14.6. The van der Waals surface area contributed by atoms with Gasteiger partial charge in [0.15, 0.2) is 5.11 Å². The minimum absolute atomic E-state index is 0.173. The highest BCUT2D eigenvalue weighted by Gasteiger charge is 2.30.